The van der Waals surface area contributed by atoms with Crippen LogP contribution in [0, 0.1) is 0 Å². The van der Waals surface area contributed by atoms with E-state index >= 15 is 0 Å². The third-order valence-corrected chi connectivity index (χ3v) is 9.37. The van der Waals surface area contributed by atoms with Gasteiger partial charge in [-0.3, -0.25) is 4.40 Å². The second kappa shape index (κ2) is 9.55. The Morgan fingerprint density at radius 2 is 1.19 bits per heavy atom. The molecule has 0 fully saturated rings. The summed E-state index contributed by atoms with van der Waals surface area (Å²) < 4.78 is 5.99. The molecule has 0 aliphatic rings. The molecule has 9 rings (SSSR count). The van der Waals surface area contributed by atoms with Gasteiger partial charge in [-0.15, -0.1) is 0 Å². The van der Waals surface area contributed by atoms with E-state index in [-0.39, 0.29) is 0 Å². The van der Waals surface area contributed by atoms with Crippen molar-refractivity contribution in [3.05, 3.63) is 152 Å². The van der Waals surface area contributed by atoms with Gasteiger partial charge in [0, 0.05) is 33.2 Å². The normalized spacial score (nSPS) is 11.7. The molecular weight excluding hydrogens is 543 g/mol. The van der Waals surface area contributed by atoms with Crippen LogP contribution in [0.4, 0.5) is 0 Å². The van der Waals surface area contributed by atoms with Gasteiger partial charge in [0.25, 0.3) is 0 Å². The van der Waals surface area contributed by atoms with E-state index in [1.54, 1.807) is 11.3 Å². The number of hydrogen-bond acceptors (Lipinski definition) is 2. The summed E-state index contributed by atoms with van der Waals surface area (Å²) >= 11 is 1.75. The highest BCUT2D eigenvalue weighted by Gasteiger charge is 2.23. The molecule has 9 aromatic rings. The SMILES string of the molecule is c1ccc(-c2nc3sc4cccc(-c5ccccc5)c4n3c2-c2ccc3c(c2)c2ccccc2n3-c2ccccc2)cc1. The van der Waals surface area contributed by atoms with Crippen LogP contribution in [-0.4, -0.2) is 14.0 Å². The zero-order chi connectivity index (χ0) is 28.3. The Balaban J connectivity index is 1.39. The highest BCUT2D eigenvalue weighted by Crippen LogP contribution is 2.43. The van der Waals surface area contributed by atoms with Crippen LogP contribution < -0.4 is 0 Å². The molecule has 0 saturated heterocycles. The lowest BCUT2D eigenvalue weighted by Crippen LogP contribution is -1.94. The zero-order valence-corrected chi connectivity index (χ0v) is 24.0. The summed E-state index contributed by atoms with van der Waals surface area (Å²) in [4.78, 5) is 6.30. The van der Waals surface area contributed by atoms with Crippen molar-refractivity contribution in [2.24, 2.45) is 0 Å². The predicted octanol–water partition coefficient (Wildman–Crippen LogP) is 10.6. The highest BCUT2D eigenvalue weighted by molar-refractivity contribution is 7.23. The van der Waals surface area contributed by atoms with Gasteiger partial charge in [0.05, 0.1) is 32.6 Å². The molecule has 0 aliphatic carbocycles. The van der Waals surface area contributed by atoms with Gasteiger partial charge in [0.1, 0.15) is 0 Å². The van der Waals surface area contributed by atoms with Crippen LogP contribution in [-0.2, 0) is 0 Å². The molecule has 3 heterocycles. The molecule has 0 spiro atoms. The number of para-hydroxylation sites is 3. The molecule has 6 aromatic carbocycles. The summed E-state index contributed by atoms with van der Waals surface area (Å²) in [5.41, 5.74) is 11.6. The first-order chi connectivity index (χ1) is 21.3. The Hall–Kier alpha value is -5.45. The summed E-state index contributed by atoms with van der Waals surface area (Å²) in [6, 6.07) is 54.1. The van der Waals surface area contributed by atoms with Crippen molar-refractivity contribution >= 4 is 48.3 Å². The maximum absolute atomic E-state index is 5.30. The van der Waals surface area contributed by atoms with Crippen molar-refractivity contribution in [2.45, 2.75) is 0 Å². The maximum atomic E-state index is 5.30. The summed E-state index contributed by atoms with van der Waals surface area (Å²) in [7, 11) is 0. The van der Waals surface area contributed by atoms with E-state index < -0.39 is 0 Å². The Morgan fingerprint density at radius 3 is 1.98 bits per heavy atom. The Kier molecular flexibility index (Phi) is 5.37. The number of fused-ring (bicyclic) bond motifs is 6. The second-order valence-corrected chi connectivity index (χ2v) is 11.8. The number of rotatable bonds is 4. The van der Waals surface area contributed by atoms with E-state index in [0.717, 1.165) is 33.2 Å². The fourth-order valence-electron chi connectivity index (χ4n) is 6.50. The topological polar surface area (TPSA) is 22.2 Å². The van der Waals surface area contributed by atoms with Crippen LogP contribution >= 0.6 is 11.3 Å². The number of hydrogen-bond donors (Lipinski definition) is 0. The van der Waals surface area contributed by atoms with Gasteiger partial charge >= 0.3 is 0 Å². The molecule has 3 nitrogen and oxygen atoms in total. The molecule has 43 heavy (non-hydrogen) atoms. The van der Waals surface area contributed by atoms with Gasteiger partial charge < -0.3 is 4.57 Å². The molecule has 202 valence electrons. The van der Waals surface area contributed by atoms with Gasteiger partial charge in [-0.05, 0) is 42.0 Å². The third kappa shape index (κ3) is 3.70. The van der Waals surface area contributed by atoms with E-state index in [4.69, 9.17) is 4.98 Å². The second-order valence-electron chi connectivity index (χ2n) is 10.8. The van der Waals surface area contributed by atoms with Crippen LogP contribution in [0.3, 0.4) is 0 Å². The van der Waals surface area contributed by atoms with Crippen LogP contribution in [0.1, 0.15) is 0 Å². The van der Waals surface area contributed by atoms with Gasteiger partial charge in [-0.1, -0.05) is 127 Å². The Bertz CT molecular complexity index is 2430. The lowest BCUT2D eigenvalue weighted by molar-refractivity contribution is 1.18. The number of aromatic nitrogens is 3. The van der Waals surface area contributed by atoms with Crippen molar-refractivity contribution in [3.8, 4) is 39.3 Å². The standard InChI is InChI=1S/C39H25N3S/c1-4-13-26(14-5-1)30-20-12-22-35-38(30)42-37(36(40-39(42)43-35)27-15-6-2-7-16-27)28-23-24-34-32(25-28)31-19-10-11-21-33(31)41(34)29-17-8-3-9-18-29/h1-25H. The molecule has 0 saturated carbocycles. The lowest BCUT2D eigenvalue weighted by atomic mass is 10.0. The Morgan fingerprint density at radius 1 is 0.512 bits per heavy atom. The minimum Gasteiger partial charge on any atom is -0.309 e. The molecular formula is C39H25N3S. The molecule has 0 atom stereocenters. The molecule has 0 N–H and O–H groups in total. The first-order valence-electron chi connectivity index (χ1n) is 14.5. The minimum absolute atomic E-state index is 0.999. The van der Waals surface area contributed by atoms with Gasteiger partial charge in [-0.25, -0.2) is 4.98 Å². The number of benzene rings is 6. The van der Waals surface area contributed by atoms with Crippen LogP contribution in [0.25, 0.3) is 76.3 Å². The molecule has 3 aromatic heterocycles. The minimum atomic E-state index is 0.999. The first kappa shape index (κ1) is 24.2. The van der Waals surface area contributed by atoms with Gasteiger partial charge in [0.2, 0.25) is 0 Å². The number of imidazole rings is 1. The summed E-state index contributed by atoms with van der Waals surface area (Å²) in [6.45, 7) is 0. The summed E-state index contributed by atoms with van der Waals surface area (Å²) in [5, 5.41) is 2.47. The fourth-order valence-corrected chi connectivity index (χ4v) is 7.55. The lowest BCUT2D eigenvalue weighted by Gasteiger charge is -2.10. The predicted molar refractivity (Wildman–Crippen MR) is 181 cm³/mol. The summed E-state index contributed by atoms with van der Waals surface area (Å²) in [5.74, 6) is 0. The largest absolute Gasteiger partial charge is 0.309 e. The monoisotopic (exact) mass is 567 g/mol. The smallest absolute Gasteiger partial charge is 0.195 e. The van der Waals surface area contributed by atoms with Gasteiger partial charge in [-0.2, -0.15) is 0 Å². The number of thiazole rings is 1. The van der Waals surface area contributed by atoms with Crippen LogP contribution in [0.2, 0.25) is 0 Å². The first-order valence-corrected chi connectivity index (χ1v) is 15.3. The molecule has 4 heteroatoms. The van der Waals surface area contributed by atoms with E-state index in [0.29, 0.717) is 0 Å². The van der Waals surface area contributed by atoms with Crippen molar-refractivity contribution in [2.75, 3.05) is 0 Å². The molecule has 0 radical (unpaired) electrons. The third-order valence-electron chi connectivity index (χ3n) is 8.36. The average Bonchev–Trinajstić information content (AvgIpc) is 3.73. The van der Waals surface area contributed by atoms with Crippen molar-refractivity contribution in [1.82, 2.24) is 14.0 Å². The average molecular weight is 568 g/mol. The highest BCUT2D eigenvalue weighted by atomic mass is 32.1. The van der Waals surface area contributed by atoms with E-state index in [2.05, 4.69) is 161 Å². The Labute approximate surface area is 252 Å². The molecule has 0 unspecified atom stereocenters. The van der Waals surface area contributed by atoms with Crippen LogP contribution in [0.15, 0.2) is 152 Å². The van der Waals surface area contributed by atoms with E-state index in [9.17, 15) is 0 Å². The summed E-state index contributed by atoms with van der Waals surface area (Å²) in [6.07, 6.45) is 0. The quantitative estimate of drug-likeness (QED) is 0.207. The number of nitrogens with zero attached hydrogens (tertiary/aromatic N) is 3. The molecule has 0 bridgehead atoms. The maximum Gasteiger partial charge on any atom is 0.195 e. The van der Waals surface area contributed by atoms with Gasteiger partial charge in [0.15, 0.2) is 4.96 Å². The fraction of sp³-hybridized carbons (Fsp3) is 0. The van der Waals surface area contributed by atoms with Crippen molar-refractivity contribution in [1.29, 1.82) is 0 Å². The molecule has 0 aliphatic heterocycles. The van der Waals surface area contributed by atoms with Crippen molar-refractivity contribution in [3.63, 3.8) is 0 Å². The molecule has 0 amide bonds. The zero-order valence-electron chi connectivity index (χ0n) is 23.2. The van der Waals surface area contributed by atoms with Crippen LogP contribution in [0.5, 0.6) is 0 Å². The van der Waals surface area contributed by atoms with E-state index in [1.165, 1.54) is 43.1 Å². The van der Waals surface area contributed by atoms with Crippen molar-refractivity contribution < 1.29 is 0 Å². The van der Waals surface area contributed by atoms with E-state index in [1.807, 2.05) is 0 Å².